The fourth-order valence-corrected chi connectivity index (χ4v) is 2.76. The largest absolute Gasteiger partial charge is 0.330 e. The predicted octanol–water partition coefficient (Wildman–Crippen LogP) is 2.80. The van der Waals surface area contributed by atoms with Crippen LogP contribution in [0.3, 0.4) is 0 Å². The molecule has 1 heterocycles. The number of rotatable bonds is 3. The topological polar surface area (TPSA) is 44.4 Å². The molecule has 0 fully saturated rings. The van der Waals surface area contributed by atoms with Crippen molar-refractivity contribution in [1.29, 1.82) is 0 Å². The lowest BCUT2D eigenvalue weighted by molar-refractivity contribution is -0.115. The van der Waals surface area contributed by atoms with E-state index in [1.807, 2.05) is 31.3 Å². The number of nitrogens with one attached hydrogen (secondary N) is 2. The predicted molar refractivity (Wildman–Crippen MR) is 86.0 cm³/mol. The summed E-state index contributed by atoms with van der Waals surface area (Å²) < 4.78 is 0. The SMILES string of the molecule is CNCc1cc(C)ccc1N1CC(=O)Nc2ccccc21. The van der Waals surface area contributed by atoms with Gasteiger partial charge < -0.3 is 15.5 Å². The third kappa shape index (κ3) is 2.62. The van der Waals surface area contributed by atoms with Crippen molar-refractivity contribution in [2.45, 2.75) is 13.5 Å². The molecule has 1 aliphatic rings. The number of benzene rings is 2. The van der Waals surface area contributed by atoms with E-state index >= 15 is 0 Å². The average Bonchev–Trinajstić information content (AvgIpc) is 2.47. The van der Waals surface area contributed by atoms with Crippen LogP contribution in [0.2, 0.25) is 0 Å². The Labute approximate surface area is 124 Å². The monoisotopic (exact) mass is 281 g/mol. The summed E-state index contributed by atoms with van der Waals surface area (Å²) in [6, 6.07) is 14.3. The first-order valence-electron chi connectivity index (χ1n) is 7.09. The number of carbonyl (C=O) groups is 1. The van der Waals surface area contributed by atoms with Crippen LogP contribution < -0.4 is 15.5 Å². The number of fused-ring (bicyclic) bond motifs is 1. The van der Waals surface area contributed by atoms with Gasteiger partial charge in [0.25, 0.3) is 0 Å². The van der Waals surface area contributed by atoms with Crippen LogP contribution in [0.1, 0.15) is 11.1 Å². The van der Waals surface area contributed by atoms with E-state index in [1.54, 1.807) is 0 Å². The van der Waals surface area contributed by atoms with Crippen LogP contribution in [0.15, 0.2) is 42.5 Å². The van der Waals surface area contributed by atoms with Crippen molar-refractivity contribution in [2.24, 2.45) is 0 Å². The summed E-state index contributed by atoms with van der Waals surface area (Å²) in [5.74, 6) is 0.0182. The zero-order chi connectivity index (χ0) is 14.8. The van der Waals surface area contributed by atoms with Gasteiger partial charge >= 0.3 is 0 Å². The summed E-state index contributed by atoms with van der Waals surface area (Å²) in [6.45, 7) is 3.20. The van der Waals surface area contributed by atoms with Gasteiger partial charge in [0.15, 0.2) is 0 Å². The van der Waals surface area contributed by atoms with Crippen LogP contribution in [-0.4, -0.2) is 19.5 Å². The summed E-state index contributed by atoms with van der Waals surface area (Å²) in [6.07, 6.45) is 0. The molecule has 4 nitrogen and oxygen atoms in total. The van der Waals surface area contributed by atoms with Gasteiger partial charge in [-0.15, -0.1) is 0 Å². The minimum atomic E-state index is 0.0182. The first-order chi connectivity index (χ1) is 10.2. The molecule has 2 aromatic rings. The lowest BCUT2D eigenvalue weighted by Crippen LogP contribution is -2.35. The molecule has 0 saturated heterocycles. The van der Waals surface area contributed by atoms with Crippen LogP contribution in [0.5, 0.6) is 0 Å². The molecule has 0 radical (unpaired) electrons. The second-order valence-corrected chi connectivity index (χ2v) is 5.31. The number of para-hydroxylation sites is 2. The van der Waals surface area contributed by atoms with Crippen molar-refractivity contribution < 1.29 is 4.79 Å². The Morgan fingerprint density at radius 1 is 1.19 bits per heavy atom. The normalized spacial score (nSPS) is 13.8. The highest BCUT2D eigenvalue weighted by molar-refractivity contribution is 6.03. The Kier molecular flexibility index (Phi) is 3.62. The molecule has 2 aromatic carbocycles. The number of hydrogen-bond donors (Lipinski definition) is 2. The Morgan fingerprint density at radius 2 is 2.00 bits per heavy atom. The van der Waals surface area contributed by atoms with Crippen molar-refractivity contribution in [3.63, 3.8) is 0 Å². The van der Waals surface area contributed by atoms with E-state index in [0.29, 0.717) is 6.54 Å². The molecule has 0 aliphatic carbocycles. The first-order valence-corrected chi connectivity index (χ1v) is 7.09. The van der Waals surface area contributed by atoms with Crippen LogP contribution >= 0.6 is 0 Å². The van der Waals surface area contributed by atoms with Crippen LogP contribution in [0, 0.1) is 6.92 Å². The lowest BCUT2D eigenvalue weighted by atomic mass is 10.1. The number of hydrogen-bond acceptors (Lipinski definition) is 3. The molecule has 1 amide bonds. The third-order valence-electron chi connectivity index (χ3n) is 3.66. The maximum Gasteiger partial charge on any atom is 0.244 e. The van der Waals surface area contributed by atoms with Gasteiger partial charge in [0, 0.05) is 12.2 Å². The molecule has 4 heteroatoms. The molecule has 1 aliphatic heterocycles. The molecule has 0 aromatic heterocycles. The fraction of sp³-hybridized carbons (Fsp3) is 0.235. The van der Waals surface area contributed by atoms with Crippen LogP contribution in [0.25, 0.3) is 0 Å². The number of amides is 1. The zero-order valence-corrected chi connectivity index (χ0v) is 12.3. The maximum absolute atomic E-state index is 12.0. The van der Waals surface area contributed by atoms with E-state index < -0.39 is 0 Å². The van der Waals surface area contributed by atoms with Gasteiger partial charge in [0.05, 0.1) is 11.4 Å². The van der Waals surface area contributed by atoms with Crippen LogP contribution in [0.4, 0.5) is 17.1 Å². The zero-order valence-electron chi connectivity index (χ0n) is 12.3. The molecule has 0 spiro atoms. The Balaban J connectivity index is 2.10. The number of aryl methyl sites for hydroxylation is 1. The molecule has 2 N–H and O–H groups in total. The minimum absolute atomic E-state index is 0.0182. The van der Waals surface area contributed by atoms with Gasteiger partial charge in [-0.25, -0.2) is 0 Å². The van der Waals surface area contributed by atoms with E-state index in [9.17, 15) is 4.79 Å². The molecule has 21 heavy (non-hydrogen) atoms. The second kappa shape index (κ2) is 5.58. The highest BCUT2D eigenvalue weighted by Crippen LogP contribution is 2.36. The summed E-state index contributed by atoms with van der Waals surface area (Å²) >= 11 is 0. The molecule has 0 atom stereocenters. The highest BCUT2D eigenvalue weighted by atomic mass is 16.2. The quantitative estimate of drug-likeness (QED) is 0.909. The van der Waals surface area contributed by atoms with Gasteiger partial charge in [0.2, 0.25) is 5.91 Å². The fourth-order valence-electron chi connectivity index (χ4n) is 2.76. The van der Waals surface area contributed by atoms with Crippen molar-refractivity contribution in [1.82, 2.24) is 5.32 Å². The molecular formula is C17H19N3O. The Bertz CT molecular complexity index is 681. The van der Waals surface area contributed by atoms with E-state index in [1.165, 1.54) is 11.1 Å². The Hall–Kier alpha value is -2.33. The van der Waals surface area contributed by atoms with Gasteiger partial charge in [-0.2, -0.15) is 0 Å². The molecule has 0 bridgehead atoms. The average molecular weight is 281 g/mol. The third-order valence-corrected chi connectivity index (χ3v) is 3.66. The summed E-state index contributed by atoms with van der Waals surface area (Å²) in [5.41, 5.74) is 5.40. The standard InChI is InChI=1S/C17H19N3O/c1-12-7-8-15(13(9-12)10-18-2)20-11-17(21)19-14-5-3-4-6-16(14)20/h3-9,18H,10-11H2,1-2H3,(H,19,21). The van der Waals surface area contributed by atoms with Crippen molar-refractivity contribution in [3.8, 4) is 0 Å². The van der Waals surface area contributed by atoms with Gasteiger partial charge in [0.1, 0.15) is 6.54 Å². The minimum Gasteiger partial charge on any atom is -0.330 e. The van der Waals surface area contributed by atoms with Crippen molar-refractivity contribution in [2.75, 3.05) is 23.8 Å². The summed E-state index contributed by atoms with van der Waals surface area (Å²) in [4.78, 5) is 14.1. The van der Waals surface area contributed by atoms with E-state index in [2.05, 4.69) is 40.7 Å². The number of carbonyl (C=O) groups excluding carboxylic acids is 1. The highest BCUT2D eigenvalue weighted by Gasteiger charge is 2.24. The van der Waals surface area contributed by atoms with Gasteiger partial charge in [-0.3, -0.25) is 4.79 Å². The van der Waals surface area contributed by atoms with Crippen LogP contribution in [-0.2, 0) is 11.3 Å². The lowest BCUT2D eigenvalue weighted by Gasteiger charge is -2.32. The molecule has 108 valence electrons. The molecule has 0 saturated carbocycles. The summed E-state index contributed by atoms with van der Waals surface area (Å²) in [5, 5.41) is 6.12. The number of nitrogens with zero attached hydrogens (tertiary/aromatic N) is 1. The number of anilines is 3. The smallest absolute Gasteiger partial charge is 0.244 e. The van der Waals surface area contributed by atoms with Crippen molar-refractivity contribution in [3.05, 3.63) is 53.6 Å². The van der Waals surface area contributed by atoms with Gasteiger partial charge in [-0.1, -0.05) is 29.8 Å². The molecule has 0 unspecified atom stereocenters. The maximum atomic E-state index is 12.0. The van der Waals surface area contributed by atoms with Gasteiger partial charge in [-0.05, 0) is 37.7 Å². The Morgan fingerprint density at radius 3 is 2.81 bits per heavy atom. The molecule has 3 rings (SSSR count). The van der Waals surface area contributed by atoms with E-state index in [-0.39, 0.29) is 5.91 Å². The van der Waals surface area contributed by atoms with E-state index in [0.717, 1.165) is 23.6 Å². The van der Waals surface area contributed by atoms with E-state index in [4.69, 9.17) is 0 Å². The van der Waals surface area contributed by atoms with Crippen molar-refractivity contribution >= 4 is 23.0 Å². The molecular weight excluding hydrogens is 262 g/mol. The first kappa shape index (κ1) is 13.6. The summed E-state index contributed by atoms with van der Waals surface area (Å²) in [7, 11) is 1.93. The second-order valence-electron chi connectivity index (χ2n) is 5.31.